The first-order valence-electron chi connectivity index (χ1n) is 14.5. The average molecular weight is 632 g/mol. The monoisotopic (exact) mass is 631 g/mol. The number of benzene rings is 4. The first kappa shape index (κ1) is 32.8. The molecule has 230 valence electrons. The molecule has 0 saturated carbocycles. The average Bonchev–Trinajstić information content (AvgIpc) is 3.00. The lowest BCUT2D eigenvalue weighted by atomic mass is 10.0. The van der Waals surface area contributed by atoms with Crippen LogP contribution in [0, 0.1) is 20.8 Å². The Morgan fingerprint density at radius 2 is 1.50 bits per heavy atom. The van der Waals surface area contributed by atoms with Gasteiger partial charge in [0.1, 0.15) is 12.6 Å². The smallest absolute Gasteiger partial charge is 0.264 e. The van der Waals surface area contributed by atoms with Crippen LogP contribution in [-0.2, 0) is 32.6 Å². The Labute approximate surface area is 265 Å². The van der Waals surface area contributed by atoms with Crippen molar-refractivity contribution in [3.05, 3.63) is 130 Å². The third-order valence-corrected chi connectivity index (χ3v) is 9.58. The number of carbonyl (C=O) groups is 2. The van der Waals surface area contributed by atoms with Crippen molar-refractivity contribution in [3.63, 3.8) is 0 Å². The highest BCUT2D eigenvalue weighted by atomic mass is 35.5. The van der Waals surface area contributed by atoms with Crippen molar-refractivity contribution in [2.24, 2.45) is 0 Å². The third-order valence-electron chi connectivity index (χ3n) is 7.39. The van der Waals surface area contributed by atoms with Gasteiger partial charge in [-0.3, -0.25) is 13.9 Å². The van der Waals surface area contributed by atoms with E-state index in [2.05, 4.69) is 5.32 Å². The van der Waals surface area contributed by atoms with E-state index in [0.717, 1.165) is 32.1 Å². The van der Waals surface area contributed by atoms with Crippen LogP contribution >= 0.6 is 11.6 Å². The van der Waals surface area contributed by atoms with Crippen molar-refractivity contribution < 1.29 is 18.0 Å². The van der Waals surface area contributed by atoms with E-state index in [9.17, 15) is 18.0 Å². The fourth-order valence-electron chi connectivity index (χ4n) is 4.96. The molecule has 4 aromatic carbocycles. The molecule has 0 aliphatic carbocycles. The Balaban J connectivity index is 1.81. The molecule has 0 heterocycles. The SMILES string of the molecule is CCNC(=O)[C@@H](Cc1ccccc1)N(Cc1cccc(C)c1)C(=O)CN(c1ccc(C)c(Cl)c1)S(=O)(=O)c1ccc(C)cc1. The molecule has 4 aromatic rings. The molecule has 0 aromatic heterocycles. The van der Waals surface area contributed by atoms with E-state index < -0.39 is 28.5 Å². The summed E-state index contributed by atoms with van der Waals surface area (Å²) in [4.78, 5) is 29.6. The van der Waals surface area contributed by atoms with Crippen LogP contribution in [0.5, 0.6) is 0 Å². The van der Waals surface area contributed by atoms with Crippen molar-refractivity contribution in [1.82, 2.24) is 10.2 Å². The van der Waals surface area contributed by atoms with Crippen LogP contribution in [0.2, 0.25) is 5.02 Å². The molecule has 0 bridgehead atoms. The highest BCUT2D eigenvalue weighted by Crippen LogP contribution is 2.29. The lowest BCUT2D eigenvalue weighted by Gasteiger charge is -2.34. The van der Waals surface area contributed by atoms with E-state index in [0.29, 0.717) is 11.6 Å². The van der Waals surface area contributed by atoms with Crippen LogP contribution in [-0.4, -0.2) is 44.3 Å². The van der Waals surface area contributed by atoms with Crippen LogP contribution < -0.4 is 9.62 Å². The number of amides is 2. The molecular formula is C35H38ClN3O4S. The number of anilines is 1. The second-order valence-electron chi connectivity index (χ2n) is 10.9. The van der Waals surface area contributed by atoms with Crippen LogP contribution in [0.4, 0.5) is 5.69 Å². The van der Waals surface area contributed by atoms with Crippen LogP contribution in [0.1, 0.15) is 34.7 Å². The highest BCUT2D eigenvalue weighted by Gasteiger charge is 2.34. The maximum Gasteiger partial charge on any atom is 0.264 e. The predicted molar refractivity (Wildman–Crippen MR) is 176 cm³/mol. The lowest BCUT2D eigenvalue weighted by Crippen LogP contribution is -2.53. The highest BCUT2D eigenvalue weighted by molar-refractivity contribution is 7.92. The van der Waals surface area contributed by atoms with Gasteiger partial charge in [0.15, 0.2) is 0 Å². The minimum atomic E-state index is -4.20. The summed E-state index contributed by atoms with van der Waals surface area (Å²) in [5, 5.41) is 3.25. The fraction of sp³-hybridized carbons (Fsp3) is 0.257. The van der Waals surface area contributed by atoms with Crippen molar-refractivity contribution in [2.45, 2.75) is 51.6 Å². The molecule has 0 aliphatic rings. The Morgan fingerprint density at radius 3 is 2.14 bits per heavy atom. The number of hydrogen-bond donors (Lipinski definition) is 1. The first-order valence-corrected chi connectivity index (χ1v) is 16.3. The summed E-state index contributed by atoms with van der Waals surface area (Å²) >= 11 is 6.44. The normalized spacial score (nSPS) is 11.9. The Morgan fingerprint density at radius 1 is 0.818 bits per heavy atom. The lowest BCUT2D eigenvalue weighted by molar-refractivity contribution is -0.140. The van der Waals surface area contributed by atoms with Crippen LogP contribution in [0.3, 0.4) is 0 Å². The van der Waals surface area contributed by atoms with Gasteiger partial charge in [0.2, 0.25) is 11.8 Å². The molecule has 0 spiro atoms. The van der Waals surface area contributed by atoms with E-state index in [1.54, 1.807) is 30.3 Å². The summed E-state index contributed by atoms with van der Waals surface area (Å²) in [7, 11) is -4.20. The zero-order chi connectivity index (χ0) is 31.9. The maximum atomic E-state index is 14.4. The second-order valence-corrected chi connectivity index (χ2v) is 13.1. The van der Waals surface area contributed by atoms with Crippen molar-refractivity contribution >= 4 is 39.1 Å². The van der Waals surface area contributed by atoms with E-state index >= 15 is 0 Å². The molecule has 1 atom stereocenters. The van der Waals surface area contributed by atoms with E-state index in [-0.39, 0.29) is 29.5 Å². The predicted octanol–water partition coefficient (Wildman–Crippen LogP) is 6.24. The van der Waals surface area contributed by atoms with Gasteiger partial charge in [-0.05, 0) is 68.7 Å². The van der Waals surface area contributed by atoms with E-state index in [4.69, 9.17) is 11.6 Å². The summed E-state index contributed by atoms with van der Waals surface area (Å²) in [6, 6.07) is 27.7. The summed E-state index contributed by atoms with van der Waals surface area (Å²) in [5.41, 5.74) is 4.63. The molecule has 0 aliphatic heterocycles. The summed E-state index contributed by atoms with van der Waals surface area (Å²) in [5.74, 6) is -0.838. The molecule has 0 radical (unpaired) electrons. The Kier molecular flexibility index (Phi) is 10.8. The minimum Gasteiger partial charge on any atom is -0.355 e. The number of aryl methyl sites for hydroxylation is 3. The van der Waals surface area contributed by atoms with Gasteiger partial charge in [0.25, 0.3) is 10.0 Å². The van der Waals surface area contributed by atoms with Crippen LogP contribution in [0.15, 0.2) is 102 Å². The molecule has 0 unspecified atom stereocenters. The number of nitrogens with one attached hydrogen (secondary N) is 1. The van der Waals surface area contributed by atoms with E-state index in [1.165, 1.54) is 17.0 Å². The molecule has 2 amide bonds. The van der Waals surface area contributed by atoms with Gasteiger partial charge in [-0.15, -0.1) is 0 Å². The second kappa shape index (κ2) is 14.6. The summed E-state index contributed by atoms with van der Waals surface area (Å²) in [6.45, 7) is 7.43. The minimum absolute atomic E-state index is 0.0439. The van der Waals surface area contributed by atoms with Crippen molar-refractivity contribution in [1.29, 1.82) is 0 Å². The molecule has 4 rings (SSSR count). The molecular weight excluding hydrogens is 594 g/mol. The fourth-order valence-corrected chi connectivity index (χ4v) is 6.54. The topological polar surface area (TPSA) is 86.8 Å². The molecule has 0 fully saturated rings. The Bertz CT molecular complexity index is 1710. The summed E-state index contributed by atoms with van der Waals surface area (Å²) in [6.07, 6.45) is 0.255. The van der Waals surface area contributed by atoms with Crippen molar-refractivity contribution in [2.75, 3.05) is 17.4 Å². The van der Waals surface area contributed by atoms with E-state index in [1.807, 2.05) is 82.3 Å². The standard InChI is InChI=1S/C35H38ClN3O4S/c1-5-37-35(41)33(21-28-11-7-6-8-12-28)38(23-29-13-9-10-26(3)20-29)34(40)24-39(30-17-16-27(4)32(36)22-30)44(42,43)31-18-14-25(2)15-19-31/h6-20,22,33H,5,21,23-24H2,1-4H3,(H,37,41)/t33-/m1/s1. The quantitative estimate of drug-likeness (QED) is 0.201. The van der Waals surface area contributed by atoms with Gasteiger partial charge in [0, 0.05) is 24.5 Å². The number of halogens is 1. The van der Waals surface area contributed by atoms with Gasteiger partial charge in [-0.2, -0.15) is 0 Å². The maximum absolute atomic E-state index is 14.4. The number of rotatable bonds is 12. The van der Waals surface area contributed by atoms with Gasteiger partial charge >= 0.3 is 0 Å². The van der Waals surface area contributed by atoms with Crippen LogP contribution in [0.25, 0.3) is 0 Å². The molecule has 0 saturated heterocycles. The number of carbonyl (C=O) groups excluding carboxylic acids is 2. The Hall–Kier alpha value is -4.14. The third kappa shape index (κ3) is 8.07. The van der Waals surface area contributed by atoms with Gasteiger partial charge in [0.05, 0.1) is 10.6 Å². The number of sulfonamides is 1. The largest absolute Gasteiger partial charge is 0.355 e. The number of likely N-dealkylation sites (N-methyl/N-ethyl adjacent to an activating group) is 1. The molecule has 44 heavy (non-hydrogen) atoms. The number of nitrogens with zero attached hydrogens (tertiary/aromatic N) is 2. The van der Waals surface area contributed by atoms with Gasteiger partial charge in [-0.25, -0.2) is 8.42 Å². The zero-order valence-corrected chi connectivity index (χ0v) is 27.0. The first-order chi connectivity index (χ1) is 21.0. The van der Waals surface area contributed by atoms with Gasteiger partial charge < -0.3 is 10.2 Å². The zero-order valence-electron chi connectivity index (χ0n) is 25.5. The van der Waals surface area contributed by atoms with Gasteiger partial charge in [-0.1, -0.05) is 95.5 Å². The molecule has 7 nitrogen and oxygen atoms in total. The molecule has 1 N–H and O–H groups in total. The summed E-state index contributed by atoms with van der Waals surface area (Å²) < 4.78 is 29.3. The number of hydrogen-bond acceptors (Lipinski definition) is 4. The van der Waals surface area contributed by atoms with Crippen molar-refractivity contribution in [3.8, 4) is 0 Å². The molecule has 9 heteroatoms.